The number of aromatic nitrogens is 3. The Morgan fingerprint density at radius 1 is 0.912 bits per heavy atom. The van der Waals surface area contributed by atoms with E-state index in [1.807, 2.05) is 18.2 Å². The molecule has 9 nitrogen and oxygen atoms in total. The van der Waals surface area contributed by atoms with Crippen LogP contribution in [0.3, 0.4) is 0 Å². The van der Waals surface area contributed by atoms with Gasteiger partial charge in [-0.05, 0) is 29.8 Å². The summed E-state index contributed by atoms with van der Waals surface area (Å²) in [5, 5.41) is 6.93. The van der Waals surface area contributed by atoms with E-state index < -0.39 is 15.9 Å². The first-order chi connectivity index (χ1) is 16.5. The molecule has 0 radical (unpaired) electrons. The largest absolute Gasteiger partial charge is 0.306 e. The Kier molecular flexibility index (Phi) is 6.10. The van der Waals surface area contributed by atoms with Gasteiger partial charge in [-0.3, -0.25) is 9.69 Å². The highest BCUT2D eigenvalue weighted by atomic mass is 32.2. The number of rotatable bonds is 6. The van der Waals surface area contributed by atoms with E-state index in [2.05, 4.69) is 32.4 Å². The molecule has 1 saturated heterocycles. The molecule has 0 aliphatic carbocycles. The van der Waals surface area contributed by atoms with Gasteiger partial charge >= 0.3 is 0 Å². The van der Waals surface area contributed by atoms with Crippen LogP contribution >= 0.6 is 0 Å². The highest BCUT2D eigenvalue weighted by Crippen LogP contribution is 2.20. The first-order valence-corrected chi connectivity index (χ1v) is 12.4. The van der Waals surface area contributed by atoms with E-state index in [1.165, 1.54) is 26.5 Å². The van der Waals surface area contributed by atoms with Gasteiger partial charge in [-0.1, -0.05) is 36.4 Å². The van der Waals surface area contributed by atoms with Crippen molar-refractivity contribution in [3.63, 3.8) is 0 Å². The maximum Gasteiger partial charge on any atom is 0.256 e. The molecule has 2 aromatic heterocycles. The van der Waals surface area contributed by atoms with Crippen LogP contribution in [0.25, 0.3) is 5.65 Å². The summed E-state index contributed by atoms with van der Waals surface area (Å²) in [6.07, 6.45) is 3.16. The van der Waals surface area contributed by atoms with Gasteiger partial charge in [0.15, 0.2) is 5.65 Å². The predicted molar refractivity (Wildman–Crippen MR) is 128 cm³/mol. The molecule has 0 spiro atoms. The molecule has 1 amide bonds. The molecule has 0 saturated carbocycles. The van der Waals surface area contributed by atoms with Crippen LogP contribution in [0.2, 0.25) is 0 Å². The molecule has 0 unspecified atom stereocenters. The summed E-state index contributed by atoms with van der Waals surface area (Å²) in [4.78, 5) is 19.4. The zero-order valence-electron chi connectivity index (χ0n) is 18.4. The number of fused-ring (bicyclic) bond motifs is 1. The second-order valence-corrected chi connectivity index (χ2v) is 10.0. The monoisotopic (exact) mass is 476 g/mol. The van der Waals surface area contributed by atoms with Crippen LogP contribution in [0.4, 0.5) is 5.82 Å². The summed E-state index contributed by atoms with van der Waals surface area (Å²) in [6.45, 7) is 2.90. The van der Waals surface area contributed by atoms with Gasteiger partial charge in [-0.25, -0.2) is 13.4 Å². The predicted octanol–water partition coefficient (Wildman–Crippen LogP) is 2.49. The molecule has 174 valence electrons. The van der Waals surface area contributed by atoms with Gasteiger partial charge in [-0.15, -0.1) is 0 Å². The van der Waals surface area contributed by atoms with Crippen molar-refractivity contribution in [2.75, 3.05) is 31.5 Å². The second kappa shape index (κ2) is 9.34. The van der Waals surface area contributed by atoms with Gasteiger partial charge in [0, 0.05) is 50.6 Å². The lowest BCUT2D eigenvalue weighted by Gasteiger charge is -2.34. The number of piperazine rings is 1. The van der Waals surface area contributed by atoms with Gasteiger partial charge in [0.25, 0.3) is 5.91 Å². The van der Waals surface area contributed by atoms with E-state index >= 15 is 0 Å². The smallest absolute Gasteiger partial charge is 0.256 e. The quantitative estimate of drug-likeness (QED) is 0.459. The molecule has 10 heteroatoms. The molecular weight excluding hydrogens is 452 g/mol. The number of nitrogens with zero attached hydrogens (tertiary/aromatic N) is 5. The fourth-order valence-corrected chi connectivity index (χ4v) is 5.50. The lowest BCUT2D eigenvalue weighted by atomic mass is 10.2. The van der Waals surface area contributed by atoms with E-state index in [-0.39, 0.29) is 10.5 Å². The Balaban J connectivity index is 1.28. The van der Waals surface area contributed by atoms with E-state index in [9.17, 15) is 13.2 Å². The lowest BCUT2D eigenvalue weighted by Crippen LogP contribution is -2.48. The number of hydrogen-bond donors (Lipinski definition) is 1. The van der Waals surface area contributed by atoms with Crippen molar-refractivity contribution in [1.82, 2.24) is 23.8 Å². The summed E-state index contributed by atoms with van der Waals surface area (Å²) in [6, 6.07) is 19.6. The van der Waals surface area contributed by atoms with Crippen molar-refractivity contribution in [2.24, 2.45) is 0 Å². The Morgan fingerprint density at radius 2 is 1.71 bits per heavy atom. The van der Waals surface area contributed by atoms with E-state index in [1.54, 1.807) is 36.7 Å². The minimum atomic E-state index is -3.71. The Hall–Kier alpha value is -3.60. The summed E-state index contributed by atoms with van der Waals surface area (Å²) in [7, 11) is -3.71. The summed E-state index contributed by atoms with van der Waals surface area (Å²) in [5.74, 6) is 0.0236. The zero-order chi connectivity index (χ0) is 23.5. The molecular formula is C24H24N6O3S. The summed E-state index contributed by atoms with van der Waals surface area (Å²) in [5.41, 5.74) is 2.06. The Labute approximate surface area is 197 Å². The van der Waals surface area contributed by atoms with Crippen LogP contribution in [0.1, 0.15) is 15.9 Å². The number of sulfonamides is 1. The van der Waals surface area contributed by atoms with Crippen molar-refractivity contribution < 1.29 is 13.2 Å². The van der Waals surface area contributed by atoms with Gasteiger partial charge in [-0.2, -0.15) is 13.9 Å². The van der Waals surface area contributed by atoms with E-state index in [0.29, 0.717) is 37.6 Å². The minimum absolute atomic E-state index is 0.107. The number of carbonyl (C=O) groups is 1. The number of anilines is 1. The average Bonchev–Trinajstić information content (AvgIpc) is 3.35. The molecule has 0 bridgehead atoms. The molecule has 1 aliphatic heterocycles. The fraction of sp³-hybridized carbons (Fsp3) is 0.208. The van der Waals surface area contributed by atoms with Gasteiger partial charge in [0.2, 0.25) is 10.0 Å². The molecule has 4 aromatic rings. The number of hydrogen-bond acceptors (Lipinski definition) is 6. The highest BCUT2D eigenvalue weighted by Gasteiger charge is 2.29. The molecule has 5 rings (SSSR count). The SMILES string of the molecule is O=C(Nc1ccnc2ccnn12)c1cccc(S(=O)(=O)N2CCN(Cc3ccccc3)CC2)c1. The third kappa shape index (κ3) is 4.56. The van der Waals surface area contributed by atoms with Crippen LogP contribution in [-0.2, 0) is 16.6 Å². The molecule has 1 fully saturated rings. The van der Waals surface area contributed by atoms with Crippen LogP contribution in [-0.4, -0.2) is 64.3 Å². The molecule has 3 heterocycles. The molecule has 1 N–H and O–H groups in total. The third-order valence-electron chi connectivity index (χ3n) is 5.85. The van der Waals surface area contributed by atoms with Crippen molar-refractivity contribution in [3.8, 4) is 0 Å². The normalized spacial score (nSPS) is 15.4. The summed E-state index contributed by atoms with van der Waals surface area (Å²) >= 11 is 0. The van der Waals surface area contributed by atoms with Gasteiger partial charge in [0.05, 0.1) is 11.1 Å². The number of nitrogens with one attached hydrogen (secondary N) is 1. The Bertz CT molecular complexity index is 1410. The highest BCUT2D eigenvalue weighted by molar-refractivity contribution is 7.89. The van der Waals surface area contributed by atoms with E-state index in [4.69, 9.17) is 0 Å². The van der Waals surface area contributed by atoms with Gasteiger partial charge in [0.1, 0.15) is 5.82 Å². The molecule has 34 heavy (non-hydrogen) atoms. The van der Waals surface area contributed by atoms with Crippen molar-refractivity contribution in [2.45, 2.75) is 11.4 Å². The number of carbonyl (C=O) groups excluding carboxylic acids is 1. The number of benzene rings is 2. The minimum Gasteiger partial charge on any atom is -0.306 e. The van der Waals surface area contributed by atoms with E-state index in [0.717, 1.165) is 6.54 Å². The summed E-state index contributed by atoms with van der Waals surface area (Å²) < 4.78 is 29.6. The first kappa shape index (κ1) is 22.2. The van der Waals surface area contributed by atoms with Crippen LogP contribution in [0.15, 0.2) is 84.0 Å². The van der Waals surface area contributed by atoms with Crippen molar-refractivity contribution in [3.05, 3.63) is 90.3 Å². The molecule has 1 aliphatic rings. The standard InChI is InChI=1S/C24H24N6O3S/c31-24(27-23-9-11-25-22-10-12-26-30(22)23)20-7-4-8-21(17-20)34(32,33)29-15-13-28(14-16-29)18-19-5-2-1-3-6-19/h1-12,17H,13-16,18H2,(H,27,31). The third-order valence-corrected chi connectivity index (χ3v) is 7.74. The zero-order valence-corrected chi connectivity index (χ0v) is 19.2. The van der Waals surface area contributed by atoms with Crippen LogP contribution in [0.5, 0.6) is 0 Å². The number of amides is 1. The fourth-order valence-electron chi connectivity index (χ4n) is 4.03. The Morgan fingerprint density at radius 3 is 2.50 bits per heavy atom. The topological polar surface area (TPSA) is 99.9 Å². The van der Waals surface area contributed by atoms with Crippen molar-refractivity contribution >= 4 is 27.4 Å². The van der Waals surface area contributed by atoms with Gasteiger partial charge < -0.3 is 5.32 Å². The van der Waals surface area contributed by atoms with Crippen LogP contribution in [0, 0.1) is 0 Å². The maximum absolute atomic E-state index is 13.3. The molecule has 2 aromatic carbocycles. The lowest BCUT2D eigenvalue weighted by molar-refractivity contribution is 0.102. The van der Waals surface area contributed by atoms with Crippen LogP contribution < -0.4 is 5.32 Å². The average molecular weight is 477 g/mol. The first-order valence-electron chi connectivity index (χ1n) is 11.0. The second-order valence-electron chi connectivity index (χ2n) is 8.08. The molecule has 0 atom stereocenters. The maximum atomic E-state index is 13.3. The van der Waals surface area contributed by atoms with Crippen molar-refractivity contribution in [1.29, 1.82) is 0 Å².